The molecule has 4 nitrogen and oxygen atoms in total. The zero-order valence-electron chi connectivity index (χ0n) is 9.39. The Morgan fingerprint density at radius 3 is 2.25 bits per heavy atom. The van der Waals surface area contributed by atoms with Crippen molar-refractivity contribution < 1.29 is 14.7 Å². The molecule has 0 aromatic heterocycles. The van der Waals surface area contributed by atoms with Crippen molar-refractivity contribution in [2.45, 2.75) is 12.2 Å². The number of carboxylic acid groups (broad SMARTS) is 1. The number of rotatable bonds is 8. The second-order valence-corrected chi connectivity index (χ2v) is 4.50. The molecule has 0 saturated carbocycles. The normalized spacial score (nSPS) is 11.6. The molecular weight excluding hydrogens is 226 g/mol. The lowest BCUT2D eigenvalue weighted by Gasteiger charge is -2.19. The molecule has 0 aromatic rings. The summed E-state index contributed by atoms with van der Waals surface area (Å²) in [6, 6.07) is 0. The van der Waals surface area contributed by atoms with E-state index in [1.165, 1.54) is 0 Å². The molecule has 0 spiro atoms. The van der Waals surface area contributed by atoms with Crippen molar-refractivity contribution in [1.29, 1.82) is 0 Å². The van der Waals surface area contributed by atoms with Crippen LogP contribution in [0.1, 0.15) is 6.92 Å². The molecule has 0 aliphatic carbocycles. The van der Waals surface area contributed by atoms with Gasteiger partial charge in [0.25, 0.3) is 0 Å². The first kappa shape index (κ1) is 14.8. The molecule has 0 rings (SSSR count). The van der Waals surface area contributed by atoms with E-state index in [2.05, 4.69) is 13.2 Å². The standard InChI is InChI=1S/C11H17NO3S/c1-4-6-12(7-5-2)10(13)8-16-9(3)11(14)15/h4-5,9H,1-2,6-8H2,3H3,(H,14,15). The number of carbonyl (C=O) groups is 2. The summed E-state index contributed by atoms with van der Waals surface area (Å²) in [5.41, 5.74) is 0. The lowest BCUT2D eigenvalue weighted by Crippen LogP contribution is -2.33. The predicted molar refractivity (Wildman–Crippen MR) is 66.5 cm³/mol. The summed E-state index contributed by atoms with van der Waals surface area (Å²) in [6.45, 7) is 9.58. The average Bonchev–Trinajstić information content (AvgIpc) is 2.24. The van der Waals surface area contributed by atoms with E-state index in [4.69, 9.17) is 5.11 Å². The summed E-state index contributed by atoms with van der Waals surface area (Å²) in [5, 5.41) is 8.09. The zero-order chi connectivity index (χ0) is 12.6. The predicted octanol–water partition coefficient (Wildman–Crippen LogP) is 1.39. The molecule has 1 unspecified atom stereocenters. The lowest BCUT2D eigenvalue weighted by atomic mass is 10.4. The van der Waals surface area contributed by atoms with Crippen LogP contribution in [-0.2, 0) is 9.59 Å². The van der Waals surface area contributed by atoms with Crippen LogP contribution in [0.3, 0.4) is 0 Å². The Morgan fingerprint density at radius 2 is 1.88 bits per heavy atom. The average molecular weight is 243 g/mol. The first-order valence-corrected chi connectivity index (χ1v) is 5.91. The van der Waals surface area contributed by atoms with Crippen molar-refractivity contribution >= 4 is 23.6 Å². The van der Waals surface area contributed by atoms with E-state index >= 15 is 0 Å². The van der Waals surface area contributed by atoms with Crippen LogP contribution in [-0.4, -0.2) is 46.0 Å². The Labute approximate surface area is 100 Å². The van der Waals surface area contributed by atoms with E-state index in [1.54, 1.807) is 24.0 Å². The monoisotopic (exact) mass is 243 g/mol. The highest BCUT2D eigenvalue weighted by Gasteiger charge is 2.16. The van der Waals surface area contributed by atoms with Crippen LogP contribution in [0, 0.1) is 0 Å². The van der Waals surface area contributed by atoms with Gasteiger partial charge in [-0.25, -0.2) is 0 Å². The van der Waals surface area contributed by atoms with Gasteiger partial charge in [0.2, 0.25) is 5.91 Å². The zero-order valence-corrected chi connectivity index (χ0v) is 10.2. The smallest absolute Gasteiger partial charge is 0.316 e. The largest absolute Gasteiger partial charge is 0.480 e. The number of amides is 1. The molecule has 16 heavy (non-hydrogen) atoms. The van der Waals surface area contributed by atoms with Gasteiger partial charge < -0.3 is 10.0 Å². The molecule has 5 heteroatoms. The molecule has 0 radical (unpaired) electrons. The molecule has 1 atom stereocenters. The van der Waals surface area contributed by atoms with Crippen molar-refractivity contribution in [2.24, 2.45) is 0 Å². The number of nitrogens with zero attached hydrogens (tertiary/aromatic N) is 1. The molecule has 1 amide bonds. The van der Waals surface area contributed by atoms with Crippen LogP contribution in [0.2, 0.25) is 0 Å². The number of thioether (sulfide) groups is 1. The Morgan fingerprint density at radius 1 is 1.38 bits per heavy atom. The maximum atomic E-state index is 11.7. The van der Waals surface area contributed by atoms with E-state index in [9.17, 15) is 9.59 Å². The summed E-state index contributed by atoms with van der Waals surface area (Å²) in [4.78, 5) is 23.8. The molecule has 0 bridgehead atoms. The third kappa shape index (κ3) is 5.60. The van der Waals surface area contributed by atoms with Gasteiger partial charge in [-0.3, -0.25) is 9.59 Å². The number of hydrogen-bond acceptors (Lipinski definition) is 3. The van der Waals surface area contributed by atoms with E-state index in [1.807, 2.05) is 0 Å². The minimum Gasteiger partial charge on any atom is -0.480 e. The Hall–Kier alpha value is -1.23. The van der Waals surface area contributed by atoms with Gasteiger partial charge >= 0.3 is 5.97 Å². The highest BCUT2D eigenvalue weighted by molar-refractivity contribution is 8.01. The summed E-state index contributed by atoms with van der Waals surface area (Å²) in [7, 11) is 0. The second-order valence-electron chi connectivity index (χ2n) is 3.17. The van der Waals surface area contributed by atoms with Gasteiger partial charge in [-0.15, -0.1) is 24.9 Å². The van der Waals surface area contributed by atoms with Crippen molar-refractivity contribution in [3.05, 3.63) is 25.3 Å². The summed E-state index contributed by atoms with van der Waals surface area (Å²) < 4.78 is 0. The molecular formula is C11H17NO3S. The van der Waals surface area contributed by atoms with Crippen LogP contribution in [0.5, 0.6) is 0 Å². The SMILES string of the molecule is C=CCN(CC=C)C(=O)CSC(C)C(=O)O. The maximum Gasteiger partial charge on any atom is 0.316 e. The van der Waals surface area contributed by atoms with Crippen LogP contribution in [0.25, 0.3) is 0 Å². The molecule has 0 aliphatic rings. The number of carboxylic acids is 1. The van der Waals surface area contributed by atoms with E-state index in [0.717, 1.165) is 11.8 Å². The Bertz CT molecular complexity index is 268. The topological polar surface area (TPSA) is 57.6 Å². The number of aliphatic carboxylic acids is 1. The minimum atomic E-state index is -0.906. The third-order valence-electron chi connectivity index (χ3n) is 1.86. The quantitative estimate of drug-likeness (QED) is 0.655. The summed E-state index contributed by atoms with van der Waals surface area (Å²) in [6.07, 6.45) is 3.26. The molecule has 1 N–H and O–H groups in total. The fraction of sp³-hybridized carbons (Fsp3) is 0.455. The first-order chi connectivity index (χ1) is 7.52. The van der Waals surface area contributed by atoms with Crippen LogP contribution in [0.15, 0.2) is 25.3 Å². The van der Waals surface area contributed by atoms with E-state index in [-0.39, 0.29) is 11.7 Å². The van der Waals surface area contributed by atoms with Gasteiger partial charge in [0, 0.05) is 13.1 Å². The van der Waals surface area contributed by atoms with Gasteiger partial charge in [-0.05, 0) is 6.92 Å². The minimum absolute atomic E-state index is 0.0992. The van der Waals surface area contributed by atoms with Crippen molar-refractivity contribution in [3.63, 3.8) is 0 Å². The van der Waals surface area contributed by atoms with Gasteiger partial charge in [-0.1, -0.05) is 12.2 Å². The molecule has 0 fully saturated rings. The number of hydrogen-bond donors (Lipinski definition) is 1. The summed E-state index contributed by atoms with van der Waals surface area (Å²) >= 11 is 1.11. The van der Waals surface area contributed by atoms with Gasteiger partial charge in [0.1, 0.15) is 0 Å². The van der Waals surface area contributed by atoms with Crippen molar-refractivity contribution in [2.75, 3.05) is 18.8 Å². The summed E-state index contributed by atoms with van der Waals surface area (Å²) in [5.74, 6) is -0.843. The lowest BCUT2D eigenvalue weighted by molar-refractivity contribution is -0.136. The Balaban J connectivity index is 4.14. The van der Waals surface area contributed by atoms with Crippen LogP contribution < -0.4 is 0 Å². The third-order valence-corrected chi connectivity index (χ3v) is 2.97. The van der Waals surface area contributed by atoms with E-state index < -0.39 is 11.2 Å². The van der Waals surface area contributed by atoms with E-state index in [0.29, 0.717) is 13.1 Å². The first-order valence-electron chi connectivity index (χ1n) is 4.86. The highest BCUT2D eigenvalue weighted by Crippen LogP contribution is 2.11. The molecule has 0 saturated heterocycles. The molecule has 90 valence electrons. The molecule has 0 heterocycles. The van der Waals surface area contributed by atoms with Gasteiger partial charge in [0.05, 0.1) is 11.0 Å². The van der Waals surface area contributed by atoms with Crippen molar-refractivity contribution in [1.82, 2.24) is 4.90 Å². The molecule has 0 aromatic carbocycles. The van der Waals surface area contributed by atoms with Crippen molar-refractivity contribution in [3.8, 4) is 0 Å². The fourth-order valence-corrected chi connectivity index (χ4v) is 1.67. The maximum absolute atomic E-state index is 11.7. The van der Waals surface area contributed by atoms with Gasteiger partial charge in [-0.2, -0.15) is 0 Å². The van der Waals surface area contributed by atoms with Gasteiger partial charge in [0.15, 0.2) is 0 Å². The van der Waals surface area contributed by atoms with Crippen LogP contribution in [0.4, 0.5) is 0 Å². The number of carbonyl (C=O) groups excluding carboxylic acids is 1. The highest BCUT2D eigenvalue weighted by atomic mass is 32.2. The second kappa shape index (κ2) is 7.98. The van der Waals surface area contributed by atoms with Crippen LogP contribution >= 0.6 is 11.8 Å². The molecule has 0 aliphatic heterocycles. The Kier molecular flexibility index (Phi) is 7.37. The fourth-order valence-electron chi connectivity index (χ4n) is 0.949.